The van der Waals surface area contributed by atoms with Gasteiger partial charge in [0.05, 0.1) is 0 Å². The summed E-state index contributed by atoms with van der Waals surface area (Å²) in [6, 6.07) is 9.40. The predicted octanol–water partition coefficient (Wildman–Crippen LogP) is 2.12. The van der Waals surface area contributed by atoms with Gasteiger partial charge in [0, 0.05) is 5.56 Å². The van der Waals surface area contributed by atoms with Crippen molar-refractivity contribution < 1.29 is 14.3 Å². The zero-order chi connectivity index (χ0) is 11.1. The summed E-state index contributed by atoms with van der Waals surface area (Å²) in [6.45, 7) is 0. The monoisotopic (exact) mass is 231 g/mol. The first kappa shape index (κ1) is 9.23. The van der Waals surface area contributed by atoms with Gasteiger partial charge in [0.2, 0.25) is 0 Å². The molecule has 1 aliphatic heterocycles. The fraction of sp³-hybridized carbons (Fsp3) is 0. The molecule has 5 heteroatoms. The number of hydrogen-bond acceptors (Lipinski definition) is 5. The number of esters is 2. The number of carbonyl (C=O) groups is 2. The summed E-state index contributed by atoms with van der Waals surface area (Å²) in [5.74, 6) is -1.25. The maximum absolute atomic E-state index is 11.2. The first-order valence-corrected chi connectivity index (χ1v) is 5.40. The third-order valence-electron chi connectivity index (χ3n) is 2.21. The highest BCUT2D eigenvalue weighted by Gasteiger charge is 2.34. The van der Waals surface area contributed by atoms with Gasteiger partial charge in [-0.15, -0.1) is 11.3 Å². The Kier molecular flexibility index (Phi) is 1.87. The molecule has 0 fully saturated rings. The molecule has 0 amide bonds. The van der Waals surface area contributed by atoms with Crippen LogP contribution in [0.3, 0.4) is 0 Å². The molecule has 2 aromatic rings. The zero-order valence-corrected chi connectivity index (χ0v) is 8.78. The second-order valence-electron chi connectivity index (χ2n) is 3.24. The van der Waals surface area contributed by atoms with E-state index in [1.807, 2.05) is 30.3 Å². The van der Waals surface area contributed by atoms with E-state index in [4.69, 9.17) is 0 Å². The Morgan fingerprint density at radius 2 is 1.81 bits per heavy atom. The van der Waals surface area contributed by atoms with E-state index < -0.39 is 11.9 Å². The van der Waals surface area contributed by atoms with Gasteiger partial charge in [-0.2, -0.15) is 0 Å². The maximum Gasteiger partial charge on any atom is 0.366 e. The number of hydrogen-bond donors (Lipinski definition) is 0. The van der Waals surface area contributed by atoms with Gasteiger partial charge in [-0.05, 0) is 0 Å². The highest BCUT2D eigenvalue weighted by Crippen LogP contribution is 2.32. The van der Waals surface area contributed by atoms with Crippen LogP contribution in [0.2, 0.25) is 0 Å². The molecule has 0 bridgehead atoms. The largest absolute Gasteiger partial charge is 0.384 e. The molecule has 16 heavy (non-hydrogen) atoms. The molecule has 4 nitrogen and oxygen atoms in total. The lowest BCUT2D eigenvalue weighted by Crippen LogP contribution is -1.99. The van der Waals surface area contributed by atoms with Crippen LogP contribution in [0.5, 0.6) is 0 Å². The standard InChI is InChI=1S/C11H5NO3S/c13-10-7-8(11(14)15-10)16-9(12-7)6-4-2-1-3-5-6/h1-5H. The van der Waals surface area contributed by atoms with Crippen LogP contribution in [0.1, 0.15) is 20.2 Å². The van der Waals surface area contributed by atoms with Crippen molar-refractivity contribution in [1.82, 2.24) is 4.98 Å². The van der Waals surface area contributed by atoms with E-state index in [2.05, 4.69) is 9.72 Å². The number of rotatable bonds is 1. The highest BCUT2D eigenvalue weighted by molar-refractivity contribution is 7.17. The van der Waals surface area contributed by atoms with E-state index >= 15 is 0 Å². The van der Waals surface area contributed by atoms with Crippen LogP contribution in [0.4, 0.5) is 0 Å². The van der Waals surface area contributed by atoms with E-state index in [0.29, 0.717) is 9.88 Å². The van der Waals surface area contributed by atoms with Crippen molar-refractivity contribution >= 4 is 23.3 Å². The predicted molar refractivity (Wildman–Crippen MR) is 57.3 cm³/mol. The van der Waals surface area contributed by atoms with Gasteiger partial charge in [0.1, 0.15) is 9.88 Å². The van der Waals surface area contributed by atoms with Gasteiger partial charge < -0.3 is 4.74 Å². The fourth-order valence-corrected chi connectivity index (χ4v) is 2.41. The Labute approximate surface area is 94.5 Å². The van der Waals surface area contributed by atoms with Crippen LogP contribution in [0, 0.1) is 0 Å². The van der Waals surface area contributed by atoms with Gasteiger partial charge in [0.25, 0.3) is 0 Å². The lowest BCUT2D eigenvalue weighted by Gasteiger charge is -1.94. The van der Waals surface area contributed by atoms with E-state index in [-0.39, 0.29) is 5.69 Å². The minimum absolute atomic E-state index is 0.133. The SMILES string of the molecule is O=C1OC(=O)c2sc(-c3ccccc3)nc21. The molecule has 0 radical (unpaired) electrons. The van der Waals surface area contributed by atoms with Crippen LogP contribution in [0.25, 0.3) is 10.6 Å². The second-order valence-corrected chi connectivity index (χ2v) is 4.24. The van der Waals surface area contributed by atoms with Crippen LogP contribution >= 0.6 is 11.3 Å². The van der Waals surface area contributed by atoms with Crippen molar-refractivity contribution in [3.05, 3.63) is 40.9 Å². The minimum atomic E-state index is -0.654. The van der Waals surface area contributed by atoms with E-state index in [9.17, 15) is 9.59 Å². The average Bonchev–Trinajstić information content (AvgIpc) is 2.83. The first-order chi connectivity index (χ1) is 7.75. The molecule has 0 saturated carbocycles. The molecule has 78 valence electrons. The van der Waals surface area contributed by atoms with Gasteiger partial charge >= 0.3 is 11.9 Å². The summed E-state index contributed by atoms with van der Waals surface area (Å²) in [7, 11) is 0. The lowest BCUT2D eigenvalue weighted by molar-refractivity contribution is 0.0443. The van der Waals surface area contributed by atoms with Crippen LogP contribution < -0.4 is 0 Å². The molecule has 1 aromatic heterocycles. The minimum Gasteiger partial charge on any atom is -0.384 e. The Morgan fingerprint density at radius 1 is 1.06 bits per heavy atom. The number of thiazole rings is 1. The third kappa shape index (κ3) is 1.25. The Morgan fingerprint density at radius 3 is 2.50 bits per heavy atom. The van der Waals surface area contributed by atoms with Crippen LogP contribution in [-0.2, 0) is 4.74 Å². The maximum atomic E-state index is 11.2. The number of ether oxygens (including phenoxy) is 1. The van der Waals surface area contributed by atoms with Crippen molar-refractivity contribution in [2.24, 2.45) is 0 Å². The molecule has 0 N–H and O–H groups in total. The molecular formula is C11H5NO3S. The van der Waals surface area contributed by atoms with Gasteiger partial charge in [-0.1, -0.05) is 30.3 Å². The third-order valence-corrected chi connectivity index (χ3v) is 3.30. The van der Waals surface area contributed by atoms with E-state index in [1.54, 1.807) is 0 Å². The molecule has 0 spiro atoms. The Hall–Kier alpha value is -2.01. The van der Waals surface area contributed by atoms with Gasteiger partial charge in [-0.25, -0.2) is 14.6 Å². The number of cyclic esters (lactones) is 2. The van der Waals surface area contributed by atoms with Crippen molar-refractivity contribution in [1.29, 1.82) is 0 Å². The first-order valence-electron chi connectivity index (χ1n) is 4.58. The lowest BCUT2D eigenvalue weighted by atomic mass is 10.2. The van der Waals surface area contributed by atoms with Gasteiger partial charge in [0.15, 0.2) is 5.69 Å². The van der Waals surface area contributed by atoms with E-state index in [0.717, 1.165) is 5.56 Å². The van der Waals surface area contributed by atoms with E-state index in [1.165, 1.54) is 11.3 Å². The normalized spacial score (nSPS) is 13.8. The second kappa shape index (κ2) is 3.24. The molecule has 0 atom stereocenters. The summed E-state index contributed by atoms with van der Waals surface area (Å²) in [4.78, 5) is 26.9. The van der Waals surface area contributed by atoms with Crippen molar-refractivity contribution in [3.63, 3.8) is 0 Å². The summed E-state index contributed by atoms with van der Waals surface area (Å²) in [5.41, 5.74) is 1.02. The number of aromatic nitrogens is 1. The van der Waals surface area contributed by atoms with Crippen molar-refractivity contribution in [2.45, 2.75) is 0 Å². The highest BCUT2D eigenvalue weighted by atomic mass is 32.1. The number of fused-ring (bicyclic) bond motifs is 1. The van der Waals surface area contributed by atoms with Crippen LogP contribution in [-0.4, -0.2) is 16.9 Å². The van der Waals surface area contributed by atoms with Crippen molar-refractivity contribution in [3.8, 4) is 10.6 Å². The van der Waals surface area contributed by atoms with Crippen molar-refractivity contribution in [2.75, 3.05) is 0 Å². The Balaban J connectivity index is 2.14. The number of benzene rings is 1. The quantitative estimate of drug-likeness (QED) is 0.557. The van der Waals surface area contributed by atoms with Crippen LogP contribution in [0.15, 0.2) is 30.3 Å². The molecule has 0 aliphatic carbocycles. The summed E-state index contributed by atoms with van der Waals surface area (Å²) >= 11 is 1.18. The number of nitrogens with zero attached hydrogens (tertiary/aromatic N) is 1. The molecule has 2 heterocycles. The summed E-state index contributed by atoms with van der Waals surface area (Å²) < 4.78 is 4.43. The molecular weight excluding hydrogens is 226 g/mol. The van der Waals surface area contributed by atoms with Gasteiger partial charge in [-0.3, -0.25) is 0 Å². The molecule has 3 rings (SSSR count). The fourth-order valence-electron chi connectivity index (χ4n) is 1.48. The Bertz CT molecular complexity index is 557. The molecule has 0 saturated heterocycles. The smallest absolute Gasteiger partial charge is 0.366 e. The summed E-state index contributed by atoms with van der Waals surface area (Å²) in [5, 5.41) is 0.663. The molecule has 1 aliphatic rings. The molecule has 1 aromatic carbocycles. The average molecular weight is 231 g/mol. The number of carbonyl (C=O) groups excluding carboxylic acids is 2. The topological polar surface area (TPSA) is 56.3 Å². The summed E-state index contributed by atoms with van der Waals surface area (Å²) in [6.07, 6.45) is 0. The zero-order valence-electron chi connectivity index (χ0n) is 7.97. The molecule has 0 unspecified atom stereocenters.